The molecule has 1 N–H and O–H groups in total. The summed E-state index contributed by atoms with van der Waals surface area (Å²) in [5.41, 5.74) is 6.08. The molecule has 2 heterocycles. The standard InChI is InChI=1S/C25H27N3O3/c1-4-28-12-11-22-20(14-28)24(19-7-5-6-8-21(19)27-22)25(30)31-15-23(29)26-18-10-9-16(2)17(3)13-18/h5-10,13H,4,11-12,14-15H2,1-3H3,(H,26,29). The molecule has 0 saturated carbocycles. The molecular weight excluding hydrogens is 390 g/mol. The van der Waals surface area contributed by atoms with E-state index in [2.05, 4.69) is 17.1 Å². The number of likely N-dealkylation sites (N-methyl/N-ethyl adjacent to an activating group) is 1. The molecule has 0 unspecified atom stereocenters. The number of esters is 1. The molecule has 1 aromatic heterocycles. The number of aryl methyl sites for hydroxylation is 2. The molecule has 6 heteroatoms. The molecule has 1 aliphatic rings. The summed E-state index contributed by atoms with van der Waals surface area (Å²) in [5, 5.41) is 3.56. The first kappa shape index (κ1) is 21.0. The van der Waals surface area contributed by atoms with Crippen LogP contribution in [0.1, 0.15) is 39.7 Å². The first-order valence-corrected chi connectivity index (χ1v) is 10.6. The summed E-state index contributed by atoms with van der Waals surface area (Å²) >= 11 is 0. The number of para-hydroxylation sites is 1. The predicted octanol–water partition coefficient (Wildman–Crippen LogP) is 4.03. The van der Waals surface area contributed by atoms with Crippen molar-refractivity contribution in [3.63, 3.8) is 0 Å². The third-order valence-electron chi connectivity index (χ3n) is 5.90. The van der Waals surface area contributed by atoms with Crippen molar-refractivity contribution in [1.82, 2.24) is 9.88 Å². The maximum absolute atomic E-state index is 13.1. The van der Waals surface area contributed by atoms with Gasteiger partial charge >= 0.3 is 5.97 Å². The minimum absolute atomic E-state index is 0.339. The summed E-state index contributed by atoms with van der Waals surface area (Å²) in [6.45, 7) is 8.25. The Morgan fingerprint density at radius 2 is 1.94 bits per heavy atom. The Morgan fingerprint density at radius 3 is 2.71 bits per heavy atom. The highest BCUT2D eigenvalue weighted by atomic mass is 16.5. The number of carbonyl (C=O) groups is 2. The normalized spacial score (nSPS) is 13.6. The number of amides is 1. The maximum Gasteiger partial charge on any atom is 0.339 e. The monoisotopic (exact) mass is 417 g/mol. The number of fused-ring (bicyclic) bond motifs is 2. The van der Waals surface area contributed by atoms with Crippen LogP contribution in [0.5, 0.6) is 0 Å². The lowest BCUT2D eigenvalue weighted by atomic mass is 9.96. The molecule has 1 amide bonds. The zero-order chi connectivity index (χ0) is 22.0. The largest absolute Gasteiger partial charge is 0.452 e. The first-order chi connectivity index (χ1) is 15.0. The molecular formula is C25H27N3O3. The molecule has 31 heavy (non-hydrogen) atoms. The van der Waals surface area contributed by atoms with Gasteiger partial charge in [-0.3, -0.25) is 14.7 Å². The van der Waals surface area contributed by atoms with Crippen molar-refractivity contribution in [2.45, 2.75) is 33.7 Å². The van der Waals surface area contributed by atoms with Crippen LogP contribution in [-0.2, 0) is 22.5 Å². The van der Waals surface area contributed by atoms with Crippen LogP contribution in [0.15, 0.2) is 42.5 Å². The van der Waals surface area contributed by atoms with Crippen LogP contribution >= 0.6 is 0 Å². The van der Waals surface area contributed by atoms with E-state index in [1.807, 2.05) is 56.3 Å². The molecule has 3 aromatic rings. The highest BCUT2D eigenvalue weighted by Crippen LogP contribution is 2.28. The molecule has 6 nitrogen and oxygen atoms in total. The number of aromatic nitrogens is 1. The quantitative estimate of drug-likeness (QED) is 0.635. The highest BCUT2D eigenvalue weighted by molar-refractivity contribution is 6.06. The summed E-state index contributed by atoms with van der Waals surface area (Å²) in [7, 11) is 0. The van der Waals surface area contributed by atoms with Crippen LogP contribution in [0.25, 0.3) is 10.9 Å². The van der Waals surface area contributed by atoms with Gasteiger partial charge in [0.2, 0.25) is 0 Å². The lowest BCUT2D eigenvalue weighted by Gasteiger charge is -2.28. The van der Waals surface area contributed by atoms with E-state index in [1.165, 1.54) is 0 Å². The van der Waals surface area contributed by atoms with E-state index in [-0.39, 0.29) is 12.5 Å². The zero-order valence-electron chi connectivity index (χ0n) is 18.2. The Kier molecular flexibility index (Phi) is 6.00. The number of carbonyl (C=O) groups excluding carboxylic acids is 2. The van der Waals surface area contributed by atoms with Crippen molar-refractivity contribution in [1.29, 1.82) is 0 Å². The van der Waals surface area contributed by atoms with E-state index >= 15 is 0 Å². The smallest absolute Gasteiger partial charge is 0.339 e. The lowest BCUT2D eigenvalue weighted by Crippen LogP contribution is -2.32. The average Bonchev–Trinajstić information content (AvgIpc) is 2.78. The van der Waals surface area contributed by atoms with Crippen molar-refractivity contribution in [3.05, 3.63) is 70.4 Å². The molecule has 0 bridgehead atoms. The van der Waals surface area contributed by atoms with E-state index in [0.717, 1.165) is 52.8 Å². The number of nitrogens with one attached hydrogen (secondary N) is 1. The average molecular weight is 418 g/mol. The Balaban J connectivity index is 1.55. The fraction of sp³-hybridized carbons (Fsp3) is 0.320. The van der Waals surface area contributed by atoms with Gasteiger partial charge < -0.3 is 10.1 Å². The number of hydrogen-bond donors (Lipinski definition) is 1. The minimum Gasteiger partial charge on any atom is -0.452 e. The number of pyridine rings is 1. The van der Waals surface area contributed by atoms with Crippen LogP contribution < -0.4 is 5.32 Å². The number of ether oxygens (including phenoxy) is 1. The van der Waals surface area contributed by atoms with Gasteiger partial charge in [0, 0.05) is 41.8 Å². The molecule has 4 rings (SSSR count). The second kappa shape index (κ2) is 8.86. The predicted molar refractivity (Wildman–Crippen MR) is 121 cm³/mol. The van der Waals surface area contributed by atoms with Gasteiger partial charge in [-0.2, -0.15) is 0 Å². The summed E-state index contributed by atoms with van der Waals surface area (Å²) in [4.78, 5) is 32.6. The second-order valence-electron chi connectivity index (χ2n) is 7.97. The van der Waals surface area contributed by atoms with E-state index < -0.39 is 5.97 Å². The Hall–Kier alpha value is -3.25. The van der Waals surface area contributed by atoms with E-state index in [9.17, 15) is 9.59 Å². The van der Waals surface area contributed by atoms with Gasteiger partial charge in [-0.05, 0) is 49.7 Å². The van der Waals surface area contributed by atoms with Crippen molar-refractivity contribution in [2.24, 2.45) is 0 Å². The first-order valence-electron chi connectivity index (χ1n) is 10.6. The van der Waals surface area contributed by atoms with Crippen LogP contribution in [0.2, 0.25) is 0 Å². The summed E-state index contributed by atoms with van der Waals surface area (Å²) in [5.74, 6) is -0.845. The highest BCUT2D eigenvalue weighted by Gasteiger charge is 2.26. The molecule has 160 valence electrons. The number of benzene rings is 2. The van der Waals surface area contributed by atoms with Crippen molar-refractivity contribution in [3.8, 4) is 0 Å². The third kappa shape index (κ3) is 4.44. The molecule has 0 aliphatic carbocycles. The molecule has 0 spiro atoms. The number of hydrogen-bond acceptors (Lipinski definition) is 5. The fourth-order valence-corrected chi connectivity index (χ4v) is 3.97. The van der Waals surface area contributed by atoms with E-state index in [1.54, 1.807) is 0 Å². The number of rotatable bonds is 5. The van der Waals surface area contributed by atoms with E-state index in [0.29, 0.717) is 17.8 Å². The number of anilines is 1. The molecule has 1 aliphatic heterocycles. The van der Waals surface area contributed by atoms with Gasteiger partial charge in [0.1, 0.15) is 0 Å². The lowest BCUT2D eigenvalue weighted by molar-refractivity contribution is -0.119. The molecule has 0 fully saturated rings. The fourth-order valence-electron chi connectivity index (χ4n) is 3.97. The van der Waals surface area contributed by atoms with Crippen molar-refractivity contribution < 1.29 is 14.3 Å². The Labute approximate surface area is 182 Å². The number of nitrogens with zero attached hydrogens (tertiary/aromatic N) is 2. The summed E-state index contributed by atoms with van der Waals surface area (Å²) in [6.07, 6.45) is 0.793. The van der Waals surface area contributed by atoms with E-state index in [4.69, 9.17) is 9.72 Å². The maximum atomic E-state index is 13.1. The van der Waals surface area contributed by atoms with Gasteiger partial charge in [0.05, 0.1) is 11.1 Å². The molecule has 0 saturated heterocycles. The van der Waals surface area contributed by atoms with Gasteiger partial charge in [0.15, 0.2) is 6.61 Å². The molecule has 2 aromatic carbocycles. The van der Waals surface area contributed by atoms with Crippen molar-refractivity contribution in [2.75, 3.05) is 25.0 Å². The van der Waals surface area contributed by atoms with Gasteiger partial charge in [-0.15, -0.1) is 0 Å². The van der Waals surface area contributed by atoms with Crippen LogP contribution in [0, 0.1) is 13.8 Å². The third-order valence-corrected chi connectivity index (χ3v) is 5.90. The molecule has 0 atom stereocenters. The minimum atomic E-state index is -0.483. The van der Waals surface area contributed by atoms with Gasteiger partial charge in [0.25, 0.3) is 5.91 Å². The van der Waals surface area contributed by atoms with Gasteiger partial charge in [-0.25, -0.2) is 4.79 Å². The zero-order valence-corrected chi connectivity index (χ0v) is 18.2. The van der Waals surface area contributed by atoms with Gasteiger partial charge in [-0.1, -0.05) is 31.2 Å². The Bertz CT molecular complexity index is 1160. The van der Waals surface area contributed by atoms with Crippen LogP contribution in [-0.4, -0.2) is 41.5 Å². The van der Waals surface area contributed by atoms with Crippen molar-refractivity contribution >= 4 is 28.5 Å². The Morgan fingerprint density at radius 1 is 1.13 bits per heavy atom. The molecule has 0 radical (unpaired) electrons. The summed E-state index contributed by atoms with van der Waals surface area (Å²) < 4.78 is 5.46. The SMILES string of the molecule is CCN1CCc2nc3ccccc3c(C(=O)OCC(=O)Nc3ccc(C)c(C)c3)c2C1. The summed E-state index contributed by atoms with van der Waals surface area (Å²) in [6, 6.07) is 13.3. The van der Waals surface area contributed by atoms with Crippen LogP contribution in [0.4, 0.5) is 5.69 Å². The topological polar surface area (TPSA) is 71.5 Å². The van der Waals surface area contributed by atoms with Crippen LogP contribution in [0.3, 0.4) is 0 Å². The second-order valence-corrected chi connectivity index (χ2v) is 7.97.